The molecule has 0 spiro atoms. The summed E-state index contributed by atoms with van der Waals surface area (Å²) in [5, 5.41) is 20.1. The minimum Gasteiger partial charge on any atom is -0.475 e. The first kappa shape index (κ1) is 32.0. The van der Waals surface area contributed by atoms with Crippen LogP contribution in [0, 0.1) is 6.92 Å². The highest BCUT2D eigenvalue weighted by Gasteiger charge is 2.33. The van der Waals surface area contributed by atoms with Gasteiger partial charge < -0.3 is 28.4 Å². The molecule has 2 aromatic heterocycles. The molecule has 0 aliphatic rings. The van der Waals surface area contributed by atoms with Crippen LogP contribution in [-0.4, -0.2) is 37.5 Å². The third-order valence-corrected chi connectivity index (χ3v) is 6.43. The Morgan fingerprint density at radius 3 is 2.29 bits per heavy atom. The molecular formula is C30H31ClN2O9. The molecule has 0 unspecified atom stereocenters. The Kier molecular flexibility index (Phi) is 9.92. The number of aliphatic hydroxyl groups is 1. The SMILES string of the molecule is CCCc1nc(C(C)(C)O)c(C(=O)OCc2oc(=O)oc2C)n1Cc1ccc(-c2ccccc2C(=O)C(=O)O)cc1.Cl. The van der Waals surface area contributed by atoms with E-state index in [-0.39, 0.29) is 54.0 Å². The van der Waals surface area contributed by atoms with Crippen molar-refractivity contribution in [1.82, 2.24) is 9.55 Å². The number of imidazole rings is 1. The minimum atomic E-state index is -1.54. The van der Waals surface area contributed by atoms with Crippen molar-refractivity contribution >= 4 is 30.1 Å². The van der Waals surface area contributed by atoms with E-state index < -0.39 is 29.1 Å². The number of hydrogen-bond donors (Lipinski definition) is 2. The van der Waals surface area contributed by atoms with Gasteiger partial charge >= 0.3 is 17.8 Å². The minimum absolute atomic E-state index is 0. The predicted molar refractivity (Wildman–Crippen MR) is 153 cm³/mol. The molecule has 0 aliphatic carbocycles. The lowest BCUT2D eigenvalue weighted by molar-refractivity contribution is -0.131. The van der Waals surface area contributed by atoms with E-state index in [4.69, 9.17) is 13.6 Å². The molecule has 2 heterocycles. The van der Waals surface area contributed by atoms with E-state index in [1.54, 1.807) is 47.0 Å². The molecule has 2 aromatic carbocycles. The second-order valence-corrected chi connectivity index (χ2v) is 10.0. The normalized spacial score (nSPS) is 11.2. The third kappa shape index (κ3) is 6.87. The summed E-state index contributed by atoms with van der Waals surface area (Å²) < 4.78 is 16.9. The quantitative estimate of drug-likeness (QED) is 0.141. The number of hydrogen-bond acceptors (Lipinski definition) is 9. The molecule has 11 nitrogen and oxygen atoms in total. The number of carboxylic acids is 1. The number of esters is 1. The number of carbonyl (C=O) groups is 3. The summed E-state index contributed by atoms with van der Waals surface area (Å²) in [5.41, 5.74) is 0.724. The Balaban J connectivity index is 0.00000484. The Morgan fingerprint density at radius 1 is 1.05 bits per heavy atom. The van der Waals surface area contributed by atoms with Gasteiger partial charge in [-0.25, -0.2) is 19.4 Å². The second kappa shape index (κ2) is 13.0. The Labute approximate surface area is 247 Å². The number of benzene rings is 2. The van der Waals surface area contributed by atoms with Crippen molar-refractivity contribution in [1.29, 1.82) is 0 Å². The molecule has 4 rings (SSSR count). The van der Waals surface area contributed by atoms with E-state index in [2.05, 4.69) is 4.98 Å². The maximum absolute atomic E-state index is 13.4. The van der Waals surface area contributed by atoms with Crippen molar-refractivity contribution in [2.45, 2.75) is 59.3 Å². The standard InChI is InChI=1S/C30H30N2O9.ClH/c1-5-8-23-31-26(30(3,4)38)24(28(36)39-16-22-17(2)40-29(37)41-22)32(23)15-18-11-13-19(14-12-18)20-9-6-7-10-21(20)25(33)27(34)35;/h6-7,9-14,38H,5,8,15-16H2,1-4H3,(H,34,35);1H. The monoisotopic (exact) mass is 598 g/mol. The highest BCUT2D eigenvalue weighted by Crippen LogP contribution is 2.29. The van der Waals surface area contributed by atoms with Gasteiger partial charge in [-0.1, -0.05) is 55.5 Å². The van der Waals surface area contributed by atoms with Crippen LogP contribution in [0.15, 0.2) is 62.2 Å². The molecule has 0 saturated heterocycles. The zero-order valence-electron chi connectivity index (χ0n) is 23.5. The zero-order chi connectivity index (χ0) is 29.9. The number of aliphatic carboxylic acids is 1. The first-order chi connectivity index (χ1) is 19.4. The number of rotatable bonds is 11. The topological polar surface area (TPSA) is 162 Å². The summed E-state index contributed by atoms with van der Waals surface area (Å²) in [5.74, 6) is -3.37. The Bertz CT molecular complexity index is 1660. The number of aryl methyl sites for hydroxylation is 2. The molecule has 4 aromatic rings. The molecular weight excluding hydrogens is 568 g/mol. The number of halogens is 1. The van der Waals surface area contributed by atoms with Crippen molar-refractivity contribution in [2.75, 3.05) is 0 Å². The molecule has 42 heavy (non-hydrogen) atoms. The Morgan fingerprint density at radius 2 is 1.71 bits per heavy atom. The van der Waals surface area contributed by atoms with Gasteiger partial charge in [-0.05, 0) is 43.9 Å². The van der Waals surface area contributed by atoms with Gasteiger partial charge in [-0.15, -0.1) is 12.4 Å². The zero-order valence-corrected chi connectivity index (χ0v) is 24.3. The molecule has 0 bridgehead atoms. The molecule has 222 valence electrons. The average Bonchev–Trinajstić information content (AvgIpc) is 3.45. The van der Waals surface area contributed by atoms with E-state index in [9.17, 15) is 29.4 Å². The fourth-order valence-electron chi connectivity index (χ4n) is 4.44. The molecule has 0 aliphatic heterocycles. The molecule has 0 saturated carbocycles. The van der Waals surface area contributed by atoms with Crippen LogP contribution in [-0.2, 0) is 34.7 Å². The Hall–Kier alpha value is -4.48. The highest BCUT2D eigenvalue weighted by atomic mass is 35.5. The molecule has 0 atom stereocenters. The summed E-state index contributed by atoms with van der Waals surface area (Å²) >= 11 is 0. The van der Waals surface area contributed by atoms with Gasteiger partial charge in [0.25, 0.3) is 5.78 Å². The van der Waals surface area contributed by atoms with Crippen LogP contribution >= 0.6 is 12.4 Å². The van der Waals surface area contributed by atoms with Crippen LogP contribution < -0.4 is 5.82 Å². The number of carboxylic acid groups (broad SMARTS) is 1. The van der Waals surface area contributed by atoms with Gasteiger partial charge in [0.05, 0.1) is 0 Å². The molecule has 0 amide bonds. The van der Waals surface area contributed by atoms with E-state index in [1.807, 2.05) is 6.92 Å². The predicted octanol–water partition coefficient (Wildman–Crippen LogP) is 4.68. The van der Waals surface area contributed by atoms with Gasteiger partial charge in [0, 0.05) is 18.5 Å². The third-order valence-electron chi connectivity index (χ3n) is 6.43. The van der Waals surface area contributed by atoms with Crippen LogP contribution in [0.4, 0.5) is 0 Å². The lowest BCUT2D eigenvalue weighted by Gasteiger charge is -2.17. The van der Waals surface area contributed by atoms with E-state index in [0.29, 0.717) is 23.4 Å². The van der Waals surface area contributed by atoms with Gasteiger partial charge in [0.15, 0.2) is 23.8 Å². The average molecular weight is 599 g/mol. The van der Waals surface area contributed by atoms with Crippen LogP contribution in [0.3, 0.4) is 0 Å². The molecule has 12 heteroatoms. The number of Topliss-reactive ketones (excluding diaryl/α,β-unsaturated/α-hetero) is 1. The fourth-order valence-corrected chi connectivity index (χ4v) is 4.44. The van der Waals surface area contributed by atoms with Crippen LogP contribution in [0.1, 0.15) is 76.6 Å². The van der Waals surface area contributed by atoms with Crippen molar-refractivity contribution in [3.63, 3.8) is 0 Å². The maximum Gasteiger partial charge on any atom is 0.519 e. The van der Waals surface area contributed by atoms with Crippen molar-refractivity contribution < 1.29 is 38.2 Å². The van der Waals surface area contributed by atoms with Gasteiger partial charge in [-0.2, -0.15) is 0 Å². The maximum atomic E-state index is 13.4. The van der Waals surface area contributed by atoms with Crippen LogP contribution in [0.2, 0.25) is 0 Å². The smallest absolute Gasteiger partial charge is 0.475 e. The number of nitrogens with zero attached hydrogens (tertiary/aromatic N) is 2. The fraction of sp³-hybridized carbons (Fsp3) is 0.300. The highest BCUT2D eigenvalue weighted by molar-refractivity contribution is 6.41. The van der Waals surface area contributed by atoms with Gasteiger partial charge in [-0.3, -0.25) is 4.79 Å². The number of carbonyl (C=O) groups excluding carboxylic acids is 2. The lowest BCUT2D eigenvalue weighted by Crippen LogP contribution is -2.23. The number of aromatic nitrogens is 2. The summed E-state index contributed by atoms with van der Waals surface area (Å²) in [4.78, 5) is 52.9. The van der Waals surface area contributed by atoms with Crippen LogP contribution in [0.5, 0.6) is 0 Å². The molecule has 0 radical (unpaired) electrons. The van der Waals surface area contributed by atoms with Gasteiger partial charge in [0.2, 0.25) is 0 Å². The molecule has 0 fully saturated rings. The first-order valence-corrected chi connectivity index (χ1v) is 13.0. The van der Waals surface area contributed by atoms with E-state index in [0.717, 1.165) is 12.0 Å². The van der Waals surface area contributed by atoms with Crippen LogP contribution in [0.25, 0.3) is 11.1 Å². The summed E-state index contributed by atoms with van der Waals surface area (Å²) in [6.45, 7) is 6.39. The van der Waals surface area contributed by atoms with Crippen molar-refractivity contribution in [2.24, 2.45) is 0 Å². The largest absolute Gasteiger partial charge is 0.519 e. The van der Waals surface area contributed by atoms with Crippen molar-refractivity contribution in [3.05, 3.63) is 99.0 Å². The first-order valence-electron chi connectivity index (χ1n) is 13.0. The summed E-state index contributed by atoms with van der Waals surface area (Å²) in [6, 6.07) is 13.6. The van der Waals surface area contributed by atoms with Gasteiger partial charge in [0.1, 0.15) is 17.1 Å². The van der Waals surface area contributed by atoms with E-state index in [1.165, 1.54) is 26.8 Å². The number of ketones is 1. The summed E-state index contributed by atoms with van der Waals surface area (Å²) in [6.07, 6.45) is 1.25. The second-order valence-electron chi connectivity index (χ2n) is 10.0. The summed E-state index contributed by atoms with van der Waals surface area (Å²) in [7, 11) is 0. The number of ether oxygens (including phenoxy) is 1. The molecule has 2 N–H and O–H groups in total. The lowest BCUT2D eigenvalue weighted by atomic mass is 9.96. The van der Waals surface area contributed by atoms with Crippen molar-refractivity contribution in [3.8, 4) is 11.1 Å². The van der Waals surface area contributed by atoms with E-state index >= 15 is 0 Å².